The van der Waals surface area contributed by atoms with Crippen molar-refractivity contribution in [3.05, 3.63) is 70.1 Å². The summed E-state index contributed by atoms with van der Waals surface area (Å²) in [6.45, 7) is 6.59. The van der Waals surface area contributed by atoms with Crippen molar-refractivity contribution < 1.29 is 9.53 Å². The van der Waals surface area contributed by atoms with Gasteiger partial charge in [-0.1, -0.05) is 23.7 Å². The first-order valence-electron chi connectivity index (χ1n) is 11.0. The Bertz CT molecular complexity index is 1180. The fourth-order valence-corrected chi connectivity index (χ4v) is 3.30. The van der Waals surface area contributed by atoms with E-state index in [1.165, 1.54) is 0 Å². The van der Waals surface area contributed by atoms with Crippen molar-refractivity contribution in [3.63, 3.8) is 0 Å². The average molecular weight is 479 g/mol. The number of nitrogens with one attached hydrogen (secondary N) is 3. The van der Waals surface area contributed by atoms with E-state index < -0.39 is 0 Å². The number of nitriles is 1. The average Bonchev–Trinajstić information content (AvgIpc) is 2.83. The highest BCUT2D eigenvalue weighted by Gasteiger charge is 2.14. The second kappa shape index (κ2) is 11.9. The largest absolute Gasteiger partial charge is 0.439 e. The summed E-state index contributed by atoms with van der Waals surface area (Å²) in [5.74, 6) is 1.39. The molecule has 0 unspecified atom stereocenters. The SMILES string of the molecule is CCNC(=O)NC(=NCc1ccc(Cl)cc1)Nc1ccc(OC2=CCCC(C#N)=N2)c(C)c1C. The van der Waals surface area contributed by atoms with Crippen LogP contribution in [0, 0.1) is 25.2 Å². The number of halogens is 1. The lowest BCUT2D eigenvalue weighted by Gasteiger charge is -2.18. The van der Waals surface area contributed by atoms with Crippen LogP contribution in [0.1, 0.15) is 36.5 Å². The van der Waals surface area contributed by atoms with Gasteiger partial charge in [-0.2, -0.15) is 5.26 Å². The number of urea groups is 1. The minimum atomic E-state index is -0.352. The zero-order valence-electron chi connectivity index (χ0n) is 19.4. The molecule has 176 valence electrons. The molecule has 3 rings (SSSR count). The van der Waals surface area contributed by atoms with Gasteiger partial charge in [-0.15, -0.1) is 0 Å². The second-order valence-corrected chi connectivity index (χ2v) is 8.05. The van der Waals surface area contributed by atoms with E-state index in [2.05, 4.69) is 32.0 Å². The molecule has 2 amide bonds. The third-order valence-electron chi connectivity index (χ3n) is 5.18. The van der Waals surface area contributed by atoms with E-state index in [1.54, 1.807) is 12.1 Å². The number of ether oxygens (including phenoxy) is 1. The van der Waals surface area contributed by atoms with Gasteiger partial charge in [0.2, 0.25) is 11.8 Å². The van der Waals surface area contributed by atoms with Gasteiger partial charge in [0, 0.05) is 23.7 Å². The smallest absolute Gasteiger partial charge is 0.321 e. The molecule has 1 aliphatic rings. The summed E-state index contributed by atoms with van der Waals surface area (Å²) in [6, 6.07) is 12.8. The summed E-state index contributed by atoms with van der Waals surface area (Å²) in [6.07, 6.45) is 3.22. The van der Waals surface area contributed by atoms with Crippen molar-refractivity contribution in [1.82, 2.24) is 10.6 Å². The van der Waals surface area contributed by atoms with Gasteiger partial charge in [0.25, 0.3) is 0 Å². The minimum absolute atomic E-state index is 0.315. The van der Waals surface area contributed by atoms with Gasteiger partial charge in [0.15, 0.2) is 0 Å². The summed E-state index contributed by atoms with van der Waals surface area (Å²) in [7, 11) is 0. The molecule has 2 aromatic carbocycles. The number of aliphatic imine (C=N–C) groups is 2. The number of anilines is 1. The Morgan fingerprint density at radius 2 is 1.97 bits per heavy atom. The van der Waals surface area contributed by atoms with Crippen LogP contribution < -0.4 is 20.7 Å². The molecular formula is C25H27ClN6O2. The predicted molar refractivity (Wildman–Crippen MR) is 135 cm³/mol. The van der Waals surface area contributed by atoms with Crippen LogP contribution in [0.25, 0.3) is 0 Å². The van der Waals surface area contributed by atoms with Crippen LogP contribution in [0.5, 0.6) is 5.75 Å². The fraction of sp³-hybridized carbons (Fsp3) is 0.280. The molecular weight excluding hydrogens is 452 g/mol. The first-order chi connectivity index (χ1) is 16.4. The number of carbonyl (C=O) groups excluding carboxylic acids is 1. The lowest BCUT2D eigenvalue weighted by Crippen LogP contribution is -2.42. The highest BCUT2D eigenvalue weighted by molar-refractivity contribution is 6.30. The van der Waals surface area contributed by atoms with Crippen molar-refractivity contribution in [2.24, 2.45) is 9.98 Å². The maximum absolute atomic E-state index is 12.2. The minimum Gasteiger partial charge on any atom is -0.439 e. The molecule has 0 fully saturated rings. The fourth-order valence-electron chi connectivity index (χ4n) is 3.18. The summed E-state index contributed by atoms with van der Waals surface area (Å²) in [4.78, 5) is 20.9. The van der Waals surface area contributed by atoms with Crippen LogP contribution in [-0.4, -0.2) is 24.2 Å². The summed E-state index contributed by atoms with van der Waals surface area (Å²) in [5, 5.41) is 18.4. The number of rotatable bonds is 6. The van der Waals surface area contributed by atoms with E-state index in [4.69, 9.17) is 21.6 Å². The molecule has 3 N–H and O–H groups in total. The Balaban J connectivity index is 1.80. The molecule has 0 radical (unpaired) electrons. The van der Waals surface area contributed by atoms with Gasteiger partial charge in [-0.3, -0.25) is 5.32 Å². The molecule has 0 aromatic heterocycles. The quantitative estimate of drug-likeness (QED) is 0.390. The third kappa shape index (κ3) is 6.83. The van der Waals surface area contributed by atoms with Crippen LogP contribution in [0.2, 0.25) is 5.02 Å². The molecule has 2 aromatic rings. The Kier molecular flexibility index (Phi) is 8.66. The topological polar surface area (TPSA) is 111 Å². The van der Waals surface area contributed by atoms with Crippen molar-refractivity contribution in [2.45, 2.75) is 40.2 Å². The normalized spacial score (nSPS) is 13.3. The zero-order valence-corrected chi connectivity index (χ0v) is 20.2. The molecule has 1 aliphatic heterocycles. The molecule has 0 bridgehead atoms. The van der Waals surface area contributed by atoms with Gasteiger partial charge in [0.1, 0.15) is 17.5 Å². The second-order valence-electron chi connectivity index (χ2n) is 7.62. The van der Waals surface area contributed by atoms with Crippen molar-refractivity contribution in [1.29, 1.82) is 5.26 Å². The molecule has 0 spiro atoms. The lowest BCUT2D eigenvalue weighted by atomic mass is 10.1. The monoisotopic (exact) mass is 478 g/mol. The van der Waals surface area contributed by atoms with E-state index >= 15 is 0 Å². The number of carbonyl (C=O) groups is 1. The summed E-state index contributed by atoms with van der Waals surface area (Å²) < 4.78 is 5.94. The number of benzene rings is 2. The Labute approximate surface area is 204 Å². The van der Waals surface area contributed by atoms with E-state index in [-0.39, 0.29) is 6.03 Å². The lowest BCUT2D eigenvalue weighted by molar-refractivity contribution is 0.246. The zero-order chi connectivity index (χ0) is 24.5. The highest BCUT2D eigenvalue weighted by Crippen LogP contribution is 2.29. The van der Waals surface area contributed by atoms with Crippen molar-refractivity contribution >= 4 is 35.0 Å². The summed E-state index contributed by atoms with van der Waals surface area (Å²) in [5.41, 5.74) is 4.02. The van der Waals surface area contributed by atoms with Crippen LogP contribution >= 0.6 is 11.6 Å². The van der Waals surface area contributed by atoms with Crippen LogP contribution in [-0.2, 0) is 6.54 Å². The van der Waals surface area contributed by atoms with Crippen LogP contribution in [0.15, 0.2) is 58.3 Å². The van der Waals surface area contributed by atoms with E-state index in [1.807, 2.05) is 51.1 Å². The van der Waals surface area contributed by atoms with Gasteiger partial charge >= 0.3 is 6.03 Å². The number of amides is 2. The van der Waals surface area contributed by atoms with Gasteiger partial charge < -0.3 is 15.4 Å². The highest BCUT2D eigenvalue weighted by atomic mass is 35.5. The Morgan fingerprint density at radius 3 is 2.68 bits per heavy atom. The predicted octanol–water partition coefficient (Wildman–Crippen LogP) is 5.22. The van der Waals surface area contributed by atoms with Crippen LogP contribution in [0.3, 0.4) is 0 Å². The number of hydrogen-bond donors (Lipinski definition) is 3. The Morgan fingerprint density at radius 1 is 1.21 bits per heavy atom. The van der Waals surface area contributed by atoms with Gasteiger partial charge in [-0.05, 0) is 74.2 Å². The first kappa shape index (κ1) is 24.8. The van der Waals surface area contributed by atoms with Crippen molar-refractivity contribution in [2.75, 3.05) is 11.9 Å². The molecule has 0 aliphatic carbocycles. The summed E-state index contributed by atoms with van der Waals surface area (Å²) >= 11 is 5.96. The molecule has 34 heavy (non-hydrogen) atoms. The maximum Gasteiger partial charge on any atom is 0.321 e. The molecule has 0 atom stereocenters. The standard InChI is InChI=1S/C25H27ClN6O2/c1-4-28-25(33)32-24(29-15-18-8-10-19(26)11-9-18)31-21-12-13-22(17(3)16(21)2)34-23-7-5-6-20(14-27)30-23/h7-13H,4-6,15H2,1-3H3,(H3,28,29,31,32,33). The van der Waals surface area contributed by atoms with Gasteiger partial charge in [0.05, 0.1) is 6.54 Å². The molecule has 0 saturated carbocycles. The van der Waals surface area contributed by atoms with E-state index in [0.29, 0.717) is 47.8 Å². The first-order valence-corrected chi connectivity index (χ1v) is 11.3. The molecule has 1 heterocycles. The molecule has 0 saturated heterocycles. The van der Waals surface area contributed by atoms with Gasteiger partial charge in [-0.25, -0.2) is 14.8 Å². The molecule has 8 nitrogen and oxygen atoms in total. The Hall–Kier alpha value is -3.83. The van der Waals surface area contributed by atoms with Crippen molar-refractivity contribution in [3.8, 4) is 11.8 Å². The van der Waals surface area contributed by atoms with Crippen LogP contribution in [0.4, 0.5) is 10.5 Å². The maximum atomic E-state index is 12.2. The number of guanidine groups is 1. The van der Waals surface area contributed by atoms with E-state index in [0.717, 1.165) is 28.8 Å². The molecule has 9 heteroatoms. The number of nitrogens with zero attached hydrogens (tertiary/aromatic N) is 3. The van der Waals surface area contributed by atoms with E-state index in [9.17, 15) is 4.79 Å². The third-order valence-corrected chi connectivity index (χ3v) is 5.43. The number of hydrogen-bond acceptors (Lipinski definition) is 5. The number of allylic oxidation sites excluding steroid dienone is 1.